The van der Waals surface area contributed by atoms with E-state index in [1.54, 1.807) is 0 Å². The molecule has 94 valence electrons. The summed E-state index contributed by atoms with van der Waals surface area (Å²) in [4.78, 5) is 8.60. The summed E-state index contributed by atoms with van der Waals surface area (Å²) in [6, 6.07) is 0.528. The molecule has 0 aliphatic heterocycles. The number of nitrogens with zero attached hydrogens (tertiary/aromatic N) is 2. The Labute approximate surface area is 107 Å². The molecule has 17 heavy (non-hydrogen) atoms. The lowest BCUT2D eigenvalue weighted by Crippen LogP contribution is -2.19. The lowest BCUT2D eigenvalue weighted by Gasteiger charge is -2.16. The number of aryl methyl sites for hydroxylation is 1. The van der Waals surface area contributed by atoms with Gasteiger partial charge >= 0.3 is 0 Å². The van der Waals surface area contributed by atoms with Crippen LogP contribution in [0.1, 0.15) is 30.7 Å². The van der Waals surface area contributed by atoms with Crippen molar-refractivity contribution in [3.8, 4) is 0 Å². The maximum Gasteiger partial charge on any atom is 0.134 e. The minimum absolute atomic E-state index is 0.528. The number of nitrogen functional groups attached to an aromatic ring is 1. The summed E-state index contributed by atoms with van der Waals surface area (Å²) in [5.41, 5.74) is 6.82. The summed E-state index contributed by atoms with van der Waals surface area (Å²) in [6.45, 7) is 3.85. The van der Waals surface area contributed by atoms with Crippen LogP contribution in [0.2, 0.25) is 0 Å². The fraction of sp³-hybridized carbons (Fsp3) is 0.667. The van der Waals surface area contributed by atoms with Gasteiger partial charge in [0.15, 0.2) is 0 Å². The molecule has 1 aromatic heterocycles. The number of thioether (sulfide) groups is 1. The topological polar surface area (TPSA) is 63.8 Å². The molecule has 0 spiro atoms. The van der Waals surface area contributed by atoms with Crippen molar-refractivity contribution in [3.63, 3.8) is 0 Å². The van der Waals surface area contributed by atoms with Gasteiger partial charge in [-0.1, -0.05) is 0 Å². The predicted octanol–water partition coefficient (Wildman–Crippen LogP) is 2.37. The Balaban J connectivity index is 2.09. The van der Waals surface area contributed by atoms with Crippen LogP contribution in [0.3, 0.4) is 0 Å². The normalized spacial score (nSPS) is 23.9. The standard InChI is InChI=1S/C12H20N4S/c1-7-11(13)14-8(2)15-12(7)16-9-4-5-10(6-9)17-3/h9-10H,4-6H2,1-3H3,(H3,13,14,15,16). The van der Waals surface area contributed by atoms with Crippen LogP contribution < -0.4 is 11.1 Å². The Morgan fingerprint density at radius 3 is 2.71 bits per heavy atom. The zero-order valence-electron chi connectivity index (χ0n) is 10.7. The first-order chi connectivity index (χ1) is 8.10. The van der Waals surface area contributed by atoms with E-state index in [4.69, 9.17) is 5.73 Å². The second-order valence-corrected chi connectivity index (χ2v) is 5.78. The lowest BCUT2D eigenvalue weighted by molar-refractivity contribution is 0.748. The van der Waals surface area contributed by atoms with Gasteiger partial charge in [-0.25, -0.2) is 9.97 Å². The highest BCUT2D eigenvalue weighted by molar-refractivity contribution is 7.99. The average molecular weight is 252 g/mol. The SMILES string of the molecule is CSC1CCC(Nc2nc(C)nc(N)c2C)C1. The van der Waals surface area contributed by atoms with E-state index in [2.05, 4.69) is 21.5 Å². The first-order valence-electron chi connectivity index (χ1n) is 6.00. The minimum atomic E-state index is 0.528. The van der Waals surface area contributed by atoms with Crippen molar-refractivity contribution < 1.29 is 0 Å². The van der Waals surface area contributed by atoms with Gasteiger partial charge in [0.25, 0.3) is 0 Å². The van der Waals surface area contributed by atoms with E-state index in [-0.39, 0.29) is 0 Å². The molecular formula is C12H20N4S. The van der Waals surface area contributed by atoms with Gasteiger partial charge in [-0.3, -0.25) is 0 Å². The molecule has 4 nitrogen and oxygen atoms in total. The Bertz CT molecular complexity index is 408. The van der Waals surface area contributed by atoms with Crippen LogP contribution in [0, 0.1) is 13.8 Å². The van der Waals surface area contributed by atoms with E-state index in [1.165, 1.54) is 19.3 Å². The number of aromatic nitrogens is 2. The third kappa shape index (κ3) is 2.83. The molecule has 1 aliphatic rings. The van der Waals surface area contributed by atoms with Gasteiger partial charge in [-0.05, 0) is 39.4 Å². The summed E-state index contributed by atoms with van der Waals surface area (Å²) < 4.78 is 0. The fourth-order valence-electron chi connectivity index (χ4n) is 2.27. The van der Waals surface area contributed by atoms with Crippen molar-refractivity contribution in [2.45, 2.75) is 44.4 Å². The van der Waals surface area contributed by atoms with Crippen molar-refractivity contribution in [2.24, 2.45) is 0 Å². The van der Waals surface area contributed by atoms with Gasteiger partial charge in [-0.2, -0.15) is 11.8 Å². The van der Waals surface area contributed by atoms with E-state index in [0.717, 1.165) is 22.5 Å². The van der Waals surface area contributed by atoms with Crippen molar-refractivity contribution in [2.75, 3.05) is 17.3 Å². The maximum atomic E-state index is 5.85. The first kappa shape index (κ1) is 12.5. The highest BCUT2D eigenvalue weighted by atomic mass is 32.2. The van der Waals surface area contributed by atoms with Crippen LogP contribution in [0.4, 0.5) is 11.6 Å². The smallest absolute Gasteiger partial charge is 0.134 e. The van der Waals surface area contributed by atoms with Gasteiger partial charge in [0.2, 0.25) is 0 Å². The summed E-state index contributed by atoms with van der Waals surface area (Å²) in [5.74, 6) is 2.22. The lowest BCUT2D eigenvalue weighted by atomic mass is 10.2. The van der Waals surface area contributed by atoms with Crippen molar-refractivity contribution >= 4 is 23.4 Å². The van der Waals surface area contributed by atoms with E-state index < -0.39 is 0 Å². The van der Waals surface area contributed by atoms with Crippen molar-refractivity contribution in [1.29, 1.82) is 0 Å². The van der Waals surface area contributed by atoms with Gasteiger partial charge in [0.1, 0.15) is 17.5 Å². The predicted molar refractivity (Wildman–Crippen MR) is 74.5 cm³/mol. The zero-order valence-corrected chi connectivity index (χ0v) is 11.5. The molecule has 0 radical (unpaired) electrons. The Morgan fingerprint density at radius 2 is 2.06 bits per heavy atom. The summed E-state index contributed by atoms with van der Waals surface area (Å²) >= 11 is 1.96. The number of rotatable bonds is 3. The van der Waals surface area contributed by atoms with Crippen molar-refractivity contribution in [1.82, 2.24) is 9.97 Å². The Kier molecular flexibility index (Phi) is 3.76. The third-order valence-corrected chi connectivity index (χ3v) is 4.45. The molecule has 0 aromatic carbocycles. The molecule has 2 unspecified atom stereocenters. The van der Waals surface area contributed by atoms with Crippen LogP contribution in [-0.2, 0) is 0 Å². The maximum absolute atomic E-state index is 5.85. The molecule has 1 aliphatic carbocycles. The molecular weight excluding hydrogens is 232 g/mol. The molecule has 1 fully saturated rings. The van der Waals surface area contributed by atoms with Crippen LogP contribution in [-0.4, -0.2) is 27.5 Å². The van der Waals surface area contributed by atoms with Gasteiger partial charge in [0, 0.05) is 16.9 Å². The number of hydrogen-bond acceptors (Lipinski definition) is 5. The summed E-state index contributed by atoms with van der Waals surface area (Å²) in [5, 5.41) is 4.30. The van der Waals surface area contributed by atoms with Crippen LogP contribution in [0.5, 0.6) is 0 Å². The van der Waals surface area contributed by atoms with Gasteiger partial charge < -0.3 is 11.1 Å². The van der Waals surface area contributed by atoms with Crippen molar-refractivity contribution in [3.05, 3.63) is 11.4 Å². The second-order valence-electron chi connectivity index (χ2n) is 4.64. The van der Waals surface area contributed by atoms with Crippen LogP contribution in [0.15, 0.2) is 0 Å². The largest absolute Gasteiger partial charge is 0.383 e. The highest BCUT2D eigenvalue weighted by Crippen LogP contribution is 2.30. The molecule has 1 heterocycles. The second kappa shape index (κ2) is 5.12. The van der Waals surface area contributed by atoms with E-state index >= 15 is 0 Å². The molecule has 0 amide bonds. The molecule has 2 atom stereocenters. The average Bonchev–Trinajstić information content (AvgIpc) is 2.73. The minimum Gasteiger partial charge on any atom is -0.383 e. The zero-order chi connectivity index (χ0) is 12.4. The van der Waals surface area contributed by atoms with Crippen LogP contribution >= 0.6 is 11.8 Å². The number of anilines is 2. The monoisotopic (exact) mass is 252 g/mol. The molecule has 0 saturated heterocycles. The Hall–Kier alpha value is -0.970. The van der Waals surface area contributed by atoms with Gasteiger partial charge in [0.05, 0.1) is 0 Å². The summed E-state index contributed by atoms with van der Waals surface area (Å²) in [6.07, 6.45) is 5.90. The quantitative estimate of drug-likeness (QED) is 0.864. The first-order valence-corrected chi connectivity index (χ1v) is 7.29. The van der Waals surface area contributed by atoms with E-state index in [9.17, 15) is 0 Å². The molecule has 5 heteroatoms. The van der Waals surface area contributed by atoms with E-state index in [1.807, 2.05) is 25.6 Å². The molecule has 1 saturated carbocycles. The highest BCUT2D eigenvalue weighted by Gasteiger charge is 2.24. The van der Waals surface area contributed by atoms with E-state index in [0.29, 0.717) is 11.9 Å². The number of hydrogen-bond donors (Lipinski definition) is 2. The summed E-state index contributed by atoms with van der Waals surface area (Å²) in [7, 11) is 0. The number of nitrogens with two attached hydrogens (primary N) is 1. The van der Waals surface area contributed by atoms with Crippen LogP contribution in [0.25, 0.3) is 0 Å². The Morgan fingerprint density at radius 1 is 1.29 bits per heavy atom. The van der Waals surface area contributed by atoms with Gasteiger partial charge in [-0.15, -0.1) is 0 Å². The third-order valence-electron chi connectivity index (χ3n) is 3.35. The molecule has 2 rings (SSSR count). The number of nitrogens with one attached hydrogen (secondary N) is 1. The molecule has 1 aromatic rings. The molecule has 0 bridgehead atoms. The fourth-order valence-corrected chi connectivity index (χ4v) is 3.07. The molecule has 3 N–H and O–H groups in total.